The first-order valence-electron chi connectivity index (χ1n) is 21.1. The Balaban J connectivity index is 4.37. The van der Waals surface area contributed by atoms with Crippen LogP contribution in [0.25, 0.3) is 0 Å². The summed E-state index contributed by atoms with van der Waals surface area (Å²) in [4.78, 5) is 37.5. The van der Waals surface area contributed by atoms with Crippen LogP contribution >= 0.6 is 0 Å². The Morgan fingerprint density at radius 3 is 1.06 bits per heavy atom. The Morgan fingerprint density at radius 2 is 0.714 bits per heavy atom. The predicted molar refractivity (Wildman–Crippen MR) is 206 cm³/mol. The van der Waals surface area contributed by atoms with E-state index < -0.39 is 6.10 Å². The van der Waals surface area contributed by atoms with Crippen molar-refractivity contribution in [3.8, 4) is 0 Å². The van der Waals surface area contributed by atoms with E-state index in [-0.39, 0.29) is 31.1 Å². The fraction of sp³-hybridized carbons (Fsp3) is 0.930. The number of carbonyl (C=O) groups is 3. The minimum absolute atomic E-state index is 0.0684. The molecule has 2 atom stereocenters. The molecule has 0 bridgehead atoms. The lowest BCUT2D eigenvalue weighted by atomic mass is 10.00. The molecule has 0 aliphatic heterocycles. The number of hydrogen-bond acceptors (Lipinski definition) is 6. The van der Waals surface area contributed by atoms with Gasteiger partial charge in [-0.15, -0.1) is 0 Å². The first-order chi connectivity index (χ1) is 23.6. The Bertz CT molecular complexity index is 763. The molecule has 6 heteroatoms. The summed E-state index contributed by atoms with van der Waals surface area (Å²) in [6.07, 6.45) is 29.6. The molecule has 290 valence electrons. The van der Waals surface area contributed by atoms with Gasteiger partial charge >= 0.3 is 17.9 Å². The summed E-state index contributed by atoms with van der Waals surface area (Å²) in [6, 6.07) is 0. The molecule has 0 fully saturated rings. The lowest BCUT2D eigenvalue weighted by Crippen LogP contribution is -2.30. The number of unbranched alkanes of at least 4 members (excludes halogenated alkanes) is 18. The van der Waals surface area contributed by atoms with Gasteiger partial charge in [0.2, 0.25) is 0 Å². The van der Waals surface area contributed by atoms with Crippen LogP contribution in [-0.4, -0.2) is 37.2 Å². The van der Waals surface area contributed by atoms with Gasteiger partial charge < -0.3 is 14.2 Å². The van der Waals surface area contributed by atoms with Crippen molar-refractivity contribution in [1.82, 2.24) is 0 Å². The second-order valence-corrected chi connectivity index (χ2v) is 15.8. The molecule has 0 aromatic rings. The van der Waals surface area contributed by atoms with Crippen molar-refractivity contribution >= 4 is 17.9 Å². The summed E-state index contributed by atoms with van der Waals surface area (Å²) in [7, 11) is 0. The second kappa shape index (κ2) is 34.8. The molecule has 0 aliphatic carbocycles. The molecule has 0 saturated heterocycles. The Hall–Kier alpha value is -1.59. The fourth-order valence-electron chi connectivity index (χ4n) is 6.14. The maximum atomic E-state index is 12.7. The van der Waals surface area contributed by atoms with Gasteiger partial charge in [0.25, 0.3) is 0 Å². The van der Waals surface area contributed by atoms with E-state index >= 15 is 0 Å². The van der Waals surface area contributed by atoms with Crippen LogP contribution in [0.3, 0.4) is 0 Å². The van der Waals surface area contributed by atoms with Gasteiger partial charge in [0.05, 0.1) is 0 Å². The molecule has 0 radical (unpaired) electrons. The molecule has 49 heavy (non-hydrogen) atoms. The van der Waals surface area contributed by atoms with E-state index in [1.807, 2.05) is 0 Å². The van der Waals surface area contributed by atoms with Crippen LogP contribution in [0, 0.1) is 17.8 Å². The van der Waals surface area contributed by atoms with Crippen molar-refractivity contribution in [2.45, 2.75) is 227 Å². The monoisotopic (exact) mass is 695 g/mol. The topological polar surface area (TPSA) is 78.9 Å². The first-order valence-corrected chi connectivity index (χ1v) is 21.1. The van der Waals surface area contributed by atoms with Crippen LogP contribution in [0.5, 0.6) is 0 Å². The molecule has 0 heterocycles. The molecule has 0 N–H and O–H groups in total. The van der Waals surface area contributed by atoms with E-state index in [1.165, 1.54) is 103 Å². The van der Waals surface area contributed by atoms with Crippen molar-refractivity contribution in [2.75, 3.05) is 13.2 Å². The second-order valence-electron chi connectivity index (χ2n) is 15.8. The molecule has 0 aliphatic rings. The third-order valence-electron chi connectivity index (χ3n) is 9.76. The predicted octanol–water partition coefficient (Wildman–Crippen LogP) is 12.9. The van der Waals surface area contributed by atoms with Gasteiger partial charge in [0.1, 0.15) is 13.2 Å². The highest BCUT2D eigenvalue weighted by Crippen LogP contribution is 2.16. The summed E-state index contributed by atoms with van der Waals surface area (Å²) in [6.45, 7) is 13.5. The number of hydrogen-bond donors (Lipinski definition) is 0. The average Bonchev–Trinajstić information content (AvgIpc) is 3.06. The van der Waals surface area contributed by atoms with E-state index in [9.17, 15) is 14.4 Å². The molecule has 0 saturated carbocycles. The van der Waals surface area contributed by atoms with Gasteiger partial charge in [0, 0.05) is 19.3 Å². The quantitative estimate of drug-likeness (QED) is 0.0369. The van der Waals surface area contributed by atoms with Gasteiger partial charge in [-0.2, -0.15) is 0 Å². The van der Waals surface area contributed by atoms with Gasteiger partial charge in [-0.1, -0.05) is 183 Å². The van der Waals surface area contributed by atoms with Crippen LogP contribution in [-0.2, 0) is 28.6 Å². The van der Waals surface area contributed by atoms with E-state index in [1.54, 1.807) is 0 Å². The lowest BCUT2D eigenvalue weighted by Gasteiger charge is -2.18. The Morgan fingerprint density at radius 1 is 0.408 bits per heavy atom. The van der Waals surface area contributed by atoms with E-state index in [4.69, 9.17) is 14.2 Å². The van der Waals surface area contributed by atoms with E-state index in [0.717, 1.165) is 75.5 Å². The molecule has 0 rings (SSSR count). The molecular weight excluding hydrogens is 612 g/mol. The van der Waals surface area contributed by atoms with Crippen LogP contribution in [0.1, 0.15) is 221 Å². The van der Waals surface area contributed by atoms with Crippen LogP contribution in [0.15, 0.2) is 0 Å². The molecule has 0 aromatic carbocycles. The number of esters is 3. The molecule has 6 nitrogen and oxygen atoms in total. The van der Waals surface area contributed by atoms with Gasteiger partial charge in [-0.3, -0.25) is 14.4 Å². The number of rotatable bonds is 36. The number of carbonyl (C=O) groups excluding carboxylic acids is 3. The van der Waals surface area contributed by atoms with E-state index in [0.29, 0.717) is 19.3 Å². The summed E-state index contributed by atoms with van der Waals surface area (Å²) in [5, 5.41) is 0. The maximum absolute atomic E-state index is 12.7. The largest absolute Gasteiger partial charge is 0.462 e. The molecule has 0 spiro atoms. The zero-order valence-corrected chi connectivity index (χ0v) is 33.5. The first kappa shape index (κ1) is 47.4. The smallest absolute Gasteiger partial charge is 0.306 e. The summed E-state index contributed by atoms with van der Waals surface area (Å²) < 4.78 is 16.6. The molecular formula is C43H82O6. The van der Waals surface area contributed by atoms with Crippen molar-refractivity contribution in [3.63, 3.8) is 0 Å². The normalized spacial score (nSPS) is 12.7. The standard InChI is InChI=1S/C43H82O6/c1-7-39(6)31-25-19-14-16-21-27-33-42(45)48-36-40(35-47-41(44)32-26-20-15-13-18-24-30-38(4)5)49-43(46)34-28-22-12-10-8-9-11-17-23-29-37(2)3/h37-40H,7-36H2,1-6H3/t39?,40-/m1/s1. The average molecular weight is 695 g/mol. The van der Waals surface area contributed by atoms with Crippen molar-refractivity contribution in [2.24, 2.45) is 17.8 Å². The highest BCUT2D eigenvalue weighted by molar-refractivity contribution is 5.71. The summed E-state index contributed by atoms with van der Waals surface area (Å²) in [5.74, 6) is 1.51. The highest BCUT2D eigenvalue weighted by Gasteiger charge is 2.19. The van der Waals surface area contributed by atoms with Crippen molar-refractivity contribution in [1.29, 1.82) is 0 Å². The SMILES string of the molecule is CCC(C)CCCCCCCCC(=O)OC[C@@H](COC(=O)CCCCCCCCC(C)C)OC(=O)CCCCCCCCCCCC(C)C. The highest BCUT2D eigenvalue weighted by atomic mass is 16.6. The number of ether oxygens (including phenoxy) is 3. The molecule has 0 aromatic heterocycles. The molecule has 0 amide bonds. The minimum atomic E-state index is -0.762. The van der Waals surface area contributed by atoms with Gasteiger partial charge in [-0.05, 0) is 37.0 Å². The maximum Gasteiger partial charge on any atom is 0.306 e. The van der Waals surface area contributed by atoms with Crippen LogP contribution < -0.4 is 0 Å². The third kappa shape index (κ3) is 36.0. The lowest BCUT2D eigenvalue weighted by molar-refractivity contribution is -0.167. The summed E-state index contributed by atoms with van der Waals surface area (Å²) >= 11 is 0. The minimum Gasteiger partial charge on any atom is -0.462 e. The summed E-state index contributed by atoms with van der Waals surface area (Å²) in [5.41, 5.74) is 0. The molecule has 1 unspecified atom stereocenters. The Kier molecular flexibility index (Phi) is 33.7. The van der Waals surface area contributed by atoms with Crippen LogP contribution in [0.2, 0.25) is 0 Å². The Labute approximate surface area is 304 Å². The van der Waals surface area contributed by atoms with Crippen LogP contribution in [0.4, 0.5) is 0 Å². The van der Waals surface area contributed by atoms with E-state index in [2.05, 4.69) is 41.5 Å². The zero-order chi connectivity index (χ0) is 36.4. The van der Waals surface area contributed by atoms with Crippen molar-refractivity contribution in [3.05, 3.63) is 0 Å². The van der Waals surface area contributed by atoms with Gasteiger partial charge in [-0.25, -0.2) is 0 Å². The zero-order valence-electron chi connectivity index (χ0n) is 33.5. The van der Waals surface area contributed by atoms with Gasteiger partial charge in [0.15, 0.2) is 6.10 Å². The van der Waals surface area contributed by atoms with Crippen molar-refractivity contribution < 1.29 is 28.6 Å². The third-order valence-corrected chi connectivity index (χ3v) is 9.76. The fourth-order valence-corrected chi connectivity index (χ4v) is 6.14.